The predicted molar refractivity (Wildman–Crippen MR) is 82.4 cm³/mol. The standard InChI is InChI=1S/C14H16F3N3O7/c15-14(16,17)12(25)18-3-1-2-6-4-20(13(26)19-10(6)24)11-9(23)8(22)7(5-21)27-11/h1-2,4,7-9,11,21-23H,3,5H2,(H,18,25)(H,19,24,26)/b2-1-/t7-,8-,9-,11-/m1/s1. The zero-order valence-corrected chi connectivity index (χ0v) is 13.5. The first-order valence-corrected chi connectivity index (χ1v) is 7.55. The number of aliphatic hydroxyl groups is 3. The molecule has 5 N–H and O–H groups in total. The number of aliphatic hydroxyl groups excluding tert-OH is 3. The maximum Gasteiger partial charge on any atom is 0.471 e. The molecule has 1 aromatic heterocycles. The summed E-state index contributed by atoms with van der Waals surface area (Å²) in [6, 6.07) is 0. The topological polar surface area (TPSA) is 154 Å². The summed E-state index contributed by atoms with van der Waals surface area (Å²) in [6.07, 6.45) is -7.60. The Morgan fingerprint density at radius 3 is 2.56 bits per heavy atom. The summed E-state index contributed by atoms with van der Waals surface area (Å²) in [5, 5.41) is 30.3. The molecule has 2 rings (SSSR count). The van der Waals surface area contributed by atoms with Crippen LogP contribution in [0.1, 0.15) is 11.8 Å². The Labute approximate surface area is 148 Å². The Balaban J connectivity index is 2.19. The molecule has 4 atom stereocenters. The molecule has 27 heavy (non-hydrogen) atoms. The summed E-state index contributed by atoms with van der Waals surface area (Å²) < 4.78 is 42.1. The highest BCUT2D eigenvalue weighted by Crippen LogP contribution is 2.28. The molecule has 2 heterocycles. The average Bonchev–Trinajstić information content (AvgIpc) is 2.87. The van der Waals surface area contributed by atoms with Crippen molar-refractivity contribution >= 4 is 12.0 Å². The number of aromatic nitrogens is 2. The number of ether oxygens (including phenoxy) is 1. The maximum absolute atomic E-state index is 12.1. The van der Waals surface area contributed by atoms with Gasteiger partial charge in [-0.25, -0.2) is 4.79 Å². The molecule has 13 heteroatoms. The van der Waals surface area contributed by atoms with Crippen molar-refractivity contribution in [2.75, 3.05) is 13.2 Å². The fraction of sp³-hybridized carbons (Fsp3) is 0.500. The van der Waals surface area contributed by atoms with Crippen molar-refractivity contribution in [1.82, 2.24) is 14.9 Å². The lowest BCUT2D eigenvalue weighted by molar-refractivity contribution is -0.173. The molecule has 0 spiro atoms. The maximum atomic E-state index is 12.1. The van der Waals surface area contributed by atoms with Crippen molar-refractivity contribution in [3.63, 3.8) is 0 Å². The van der Waals surface area contributed by atoms with Crippen LogP contribution in [-0.2, 0) is 9.53 Å². The zero-order valence-electron chi connectivity index (χ0n) is 13.5. The molecule has 1 aliphatic rings. The molecule has 0 bridgehead atoms. The van der Waals surface area contributed by atoms with E-state index >= 15 is 0 Å². The second-order valence-corrected chi connectivity index (χ2v) is 5.59. The molecule has 1 amide bonds. The number of nitrogens with zero attached hydrogens (tertiary/aromatic N) is 1. The Morgan fingerprint density at radius 2 is 2.00 bits per heavy atom. The summed E-state index contributed by atoms with van der Waals surface area (Å²) in [7, 11) is 0. The quantitative estimate of drug-likeness (QED) is 0.381. The molecular weight excluding hydrogens is 379 g/mol. The van der Waals surface area contributed by atoms with E-state index in [2.05, 4.69) is 0 Å². The van der Waals surface area contributed by atoms with Crippen LogP contribution in [0.2, 0.25) is 0 Å². The summed E-state index contributed by atoms with van der Waals surface area (Å²) in [4.78, 5) is 36.3. The normalized spacial score (nSPS) is 25.9. The van der Waals surface area contributed by atoms with Gasteiger partial charge in [0.2, 0.25) is 0 Å². The molecule has 1 aliphatic heterocycles. The van der Waals surface area contributed by atoms with Crippen molar-refractivity contribution in [2.45, 2.75) is 30.7 Å². The summed E-state index contributed by atoms with van der Waals surface area (Å²) in [5.74, 6) is -2.16. The van der Waals surface area contributed by atoms with Gasteiger partial charge in [0, 0.05) is 12.7 Å². The number of aromatic amines is 1. The molecule has 0 saturated carbocycles. The predicted octanol–water partition coefficient (Wildman–Crippen LogP) is -2.16. The zero-order chi connectivity index (χ0) is 20.4. The van der Waals surface area contributed by atoms with Crippen LogP contribution in [0, 0.1) is 0 Å². The second kappa shape index (κ2) is 8.04. The van der Waals surface area contributed by atoms with E-state index in [1.54, 1.807) is 5.32 Å². The van der Waals surface area contributed by atoms with Crippen LogP contribution in [-0.4, -0.2) is 68.4 Å². The van der Waals surface area contributed by atoms with Crippen LogP contribution < -0.4 is 16.6 Å². The van der Waals surface area contributed by atoms with E-state index in [0.717, 1.165) is 22.9 Å². The van der Waals surface area contributed by atoms with Gasteiger partial charge in [0.1, 0.15) is 18.3 Å². The van der Waals surface area contributed by atoms with Crippen molar-refractivity contribution in [1.29, 1.82) is 0 Å². The van der Waals surface area contributed by atoms with Gasteiger partial charge in [-0.05, 0) is 0 Å². The van der Waals surface area contributed by atoms with E-state index < -0.39 is 61.0 Å². The second-order valence-electron chi connectivity index (χ2n) is 5.59. The minimum absolute atomic E-state index is 0.186. The molecule has 0 aliphatic carbocycles. The van der Waals surface area contributed by atoms with E-state index in [9.17, 15) is 37.8 Å². The molecule has 1 fully saturated rings. The number of alkyl halides is 3. The fourth-order valence-corrected chi connectivity index (χ4v) is 2.36. The third kappa shape index (κ3) is 4.63. The van der Waals surface area contributed by atoms with Crippen molar-refractivity contribution in [3.8, 4) is 0 Å². The third-order valence-electron chi connectivity index (χ3n) is 3.72. The van der Waals surface area contributed by atoms with Crippen LogP contribution >= 0.6 is 0 Å². The SMILES string of the molecule is O=C(NC/C=C\c1cn([C@@H]2O[C@H](CO)[C@@H](O)[C@H]2O)c(=O)[nH]c1=O)C(F)(F)F. The number of H-pyrrole nitrogens is 1. The van der Waals surface area contributed by atoms with E-state index in [4.69, 9.17) is 9.84 Å². The molecule has 0 unspecified atom stereocenters. The minimum atomic E-state index is -5.04. The van der Waals surface area contributed by atoms with Gasteiger partial charge in [-0.1, -0.05) is 12.2 Å². The van der Waals surface area contributed by atoms with Crippen LogP contribution in [0.5, 0.6) is 0 Å². The number of halogens is 3. The Morgan fingerprint density at radius 1 is 1.33 bits per heavy atom. The van der Waals surface area contributed by atoms with Crippen LogP contribution in [0.25, 0.3) is 6.08 Å². The number of amides is 1. The highest BCUT2D eigenvalue weighted by atomic mass is 19.4. The van der Waals surface area contributed by atoms with E-state index in [0.29, 0.717) is 0 Å². The highest BCUT2D eigenvalue weighted by Gasteiger charge is 2.43. The highest BCUT2D eigenvalue weighted by molar-refractivity contribution is 5.81. The molecule has 150 valence electrons. The first kappa shape index (κ1) is 20.8. The average molecular weight is 395 g/mol. The minimum Gasteiger partial charge on any atom is -0.394 e. The van der Waals surface area contributed by atoms with Gasteiger partial charge in [-0.3, -0.25) is 19.1 Å². The van der Waals surface area contributed by atoms with Gasteiger partial charge in [0.25, 0.3) is 5.56 Å². The summed E-state index contributed by atoms with van der Waals surface area (Å²) in [5.41, 5.74) is -2.03. The Bertz CT molecular complexity index is 832. The largest absolute Gasteiger partial charge is 0.471 e. The Kier molecular flexibility index (Phi) is 6.20. The summed E-state index contributed by atoms with van der Waals surface area (Å²) in [6.45, 7) is -1.16. The lowest BCUT2D eigenvalue weighted by atomic mass is 10.1. The number of rotatable bonds is 5. The van der Waals surface area contributed by atoms with E-state index in [1.165, 1.54) is 0 Å². The first-order chi connectivity index (χ1) is 12.6. The van der Waals surface area contributed by atoms with Gasteiger partial charge in [-0.15, -0.1) is 0 Å². The molecular formula is C14H16F3N3O7. The lowest BCUT2D eigenvalue weighted by Gasteiger charge is -2.17. The van der Waals surface area contributed by atoms with Crippen LogP contribution in [0.3, 0.4) is 0 Å². The first-order valence-electron chi connectivity index (χ1n) is 7.55. The molecule has 1 aromatic rings. The van der Waals surface area contributed by atoms with Gasteiger partial charge < -0.3 is 25.4 Å². The number of carbonyl (C=O) groups excluding carboxylic acids is 1. The van der Waals surface area contributed by atoms with Crippen molar-refractivity contribution in [3.05, 3.63) is 38.7 Å². The smallest absolute Gasteiger partial charge is 0.394 e. The monoisotopic (exact) mass is 395 g/mol. The van der Waals surface area contributed by atoms with Gasteiger partial charge in [0.05, 0.1) is 12.2 Å². The number of hydrogen-bond acceptors (Lipinski definition) is 7. The summed E-state index contributed by atoms with van der Waals surface area (Å²) >= 11 is 0. The van der Waals surface area contributed by atoms with Crippen molar-refractivity contribution < 1.29 is 38.0 Å². The van der Waals surface area contributed by atoms with Gasteiger partial charge in [0.15, 0.2) is 6.23 Å². The third-order valence-corrected chi connectivity index (χ3v) is 3.72. The van der Waals surface area contributed by atoms with E-state index in [1.807, 2.05) is 4.98 Å². The fourth-order valence-electron chi connectivity index (χ4n) is 2.36. The molecule has 1 saturated heterocycles. The number of hydrogen-bond donors (Lipinski definition) is 5. The van der Waals surface area contributed by atoms with Crippen LogP contribution in [0.15, 0.2) is 21.9 Å². The van der Waals surface area contributed by atoms with Crippen LogP contribution in [0.4, 0.5) is 13.2 Å². The lowest BCUT2D eigenvalue weighted by Crippen LogP contribution is -2.38. The van der Waals surface area contributed by atoms with Gasteiger partial charge >= 0.3 is 17.8 Å². The molecule has 0 radical (unpaired) electrons. The van der Waals surface area contributed by atoms with Gasteiger partial charge in [-0.2, -0.15) is 13.2 Å². The Hall–Kier alpha value is -2.48. The number of nitrogens with one attached hydrogen (secondary N) is 2. The molecule has 10 nitrogen and oxygen atoms in total. The molecule has 0 aromatic carbocycles. The number of carbonyl (C=O) groups is 1. The van der Waals surface area contributed by atoms with E-state index in [-0.39, 0.29) is 5.56 Å². The van der Waals surface area contributed by atoms with Crippen molar-refractivity contribution in [2.24, 2.45) is 0 Å².